The Kier molecular flexibility index (Phi) is 7.39. The van der Waals surface area contributed by atoms with Gasteiger partial charge in [0.25, 0.3) is 0 Å². The maximum atomic E-state index is 11.8. The fraction of sp³-hybridized carbons (Fsp3) is 0.333. The zero-order valence-corrected chi connectivity index (χ0v) is 12.9. The van der Waals surface area contributed by atoms with E-state index in [0.717, 1.165) is 5.56 Å². The van der Waals surface area contributed by atoms with Gasteiger partial charge in [-0.1, -0.05) is 18.2 Å². The van der Waals surface area contributed by atoms with Crippen LogP contribution in [-0.2, 0) is 9.59 Å². The second-order valence-corrected chi connectivity index (χ2v) is 5.24. The number of thioether (sulfide) groups is 1. The van der Waals surface area contributed by atoms with Crippen LogP contribution in [0.3, 0.4) is 0 Å². The highest BCUT2D eigenvalue weighted by Crippen LogP contribution is 2.18. The third-order valence-electron chi connectivity index (χ3n) is 2.78. The zero-order valence-electron chi connectivity index (χ0n) is 12.0. The number of carboxylic acids is 1. The van der Waals surface area contributed by atoms with E-state index in [9.17, 15) is 9.59 Å². The van der Waals surface area contributed by atoms with Crippen molar-refractivity contribution in [2.75, 3.05) is 19.1 Å². The number of carbonyl (C=O) groups excluding carboxylic acids is 1. The van der Waals surface area contributed by atoms with Crippen molar-refractivity contribution in [2.24, 2.45) is 0 Å². The number of para-hydroxylation sites is 1. The van der Waals surface area contributed by atoms with Crippen molar-refractivity contribution >= 4 is 29.7 Å². The monoisotopic (exact) mass is 309 g/mol. The summed E-state index contributed by atoms with van der Waals surface area (Å²) < 4.78 is 5.17. The van der Waals surface area contributed by atoms with Crippen molar-refractivity contribution < 1.29 is 19.4 Å². The second kappa shape index (κ2) is 9.07. The lowest BCUT2D eigenvalue weighted by Crippen LogP contribution is -2.40. The van der Waals surface area contributed by atoms with Crippen LogP contribution in [0.5, 0.6) is 5.75 Å². The number of hydrogen-bond acceptors (Lipinski definition) is 4. The molecule has 0 aliphatic heterocycles. The minimum absolute atomic E-state index is 0.394. The first-order valence-corrected chi connectivity index (χ1v) is 7.81. The Bertz CT molecular complexity index is 516. The predicted molar refractivity (Wildman–Crippen MR) is 84.6 cm³/mol. The Morgan fingerprint density at radius 2 is 2.14 bits per heavy atom. The molecule has 114 valence electrons. The van der Waals surface area contributed by atoms with Crippen molar-refractivity contribution in [3.63, 3.8) is 0 Å². The lowest BCUT2D eigenvalue weighted by molar-refractivity contribution is -0.141. The van der Waals surface area contributed by atoms with Crippen LogP contribution >= 0.6 is 11.8 Å². The van der Waals surface area contributed by atoms with Crippen LogP contribution < -0.4 is 10.1 Å². The van der Waals surface area contributed by atoms with Gasteiger partial charge in [-0.05, 0) is 30.6 Å². The number of carbonyl (C=O) groups is 2. The Morgan fingerprint density at radius 1 is 1.43 bits per heavy atom. The fourth-order valence-corrected chi connectivity index (χ4v) is 2.15. The molecule has 0 fully saturated rings. The highest BCUT2D eigenvalue weighted by Gasteiger charge is 2.17. The number of amides is 1. The largest absolute Gasteiger partial charge is 0.496 e. The summed E-state index contributed by atoms with van der Waals surface area (Å²) >= 11 is 1.54. The Hall–Kier alpha value is -1.95. The summed E-state index contributed by atoms with van der Waals surface area (Å²) in [5.74, 6) is -0.135. The van der Waals surface area contributed by atoms with E-state index >= 15 is 0 Å². The van der Waals surface area contributed by atoms with Crippen LogP contribution in [0.15, 0.2) is 30.3 Å². The number of ether oxygens (including phenoxy) is 1. The van der Waals surface area contributed by atoms with Crippen LogP contribution in [0.4, 0.5) is 0 Å². The minimum atomic E-state index is -1.02. The third-order valence-corrected chi connectivity index (χ3v) is 3.42. The molecule has 0 aliphatic carbocycles. The number of methoxy groups -OCH3 is 1. The van der Waals surface area contributed by atoms with Gasteiger partial charge in [-0.25, -0.2) is 4.79 Å². The first-order valence-electron chi connectivity index (χ1n) is 6.41. The van der Waals surface area contributed by atoms with Gasteiger partial charge in [0, 0.05) is 11.6 Å². The highest BCUT2D eigenvalue weighted by atomic mass is 32.2. The third kappa shape index (κ3) is 5.91. The van der Waals surface area contributed by atoms with E-state index in [2.05, 4.69) is 5.32 Å². The van der Waals surface area contributed by atoms with Crippen molar-refractivity contribution in [1.29, 1.82) is 0 Å². The molecule has 2 N–H and O–H groups in total. The summed E-state index contributed by atoms with van der Waals surface area (Å²) in [5, 5.41) is 11.5. The van der Waals surface area contributed by atoms with Crippen LogP contribution in [0.1, 0.15) is 12.0 Å². The van der Waals surface area contributed by atoms with E-state index in [1.807, 2.05) is 24.5 Å². The smallest absolute Gasteiger partial charge is 0.326 e. The Labute approximate surface area is 128 Å². The van der Waals surface area contributed by atoms with E-state index in [4.69, 9.17) is 9.84 Å². The van der Waals surface area contributed by atoms with Crippen molar-refractivity contribution in [3.8, 4) is 5.75 Å². The van der Waals surface area contributed by atoms with Gasteiger partial charge in [-0.15, -0.1) is 0 Å². The van der Waals surface area contributed by atoms with E-state index < -0.39 is 17.9 Å². The van der Waals surface area contributed by atoms with Crippen molar-refractivity contribution in [2.45, 2.75) is 12.5 Å². The lowest BCUT2D eigenvalue weighted by atomic mass is 10.2. The second-order valence-electron chi connectivity index (χ2n) is 4.26. The number of nitrogens with one attached hydrogen (secondary N) is 1. The van der Waals surface area contributed by atoms with Crippen LogP contribution in [-0.4, -0.2) is 42.1 Å². The average Bonchev–Trinajstić information content (AvgIpc) is 2.49. The standard InChI is InChI=1S/C15H19NO4S/c1-20-13-6-4-3-5-11(13)7-8-14(17)16-12(15(18)19)9-10-21-2/h3-8,12H,9-10H2,1-2H3,(H,16,17)(H,18,19)/b8-7+. The molecule has 0 bridgehead atoms. The number of aliphatic carboxylic acids is 1. The fourth-order valence-electron chi connectivity index (χ4n) is 1.68. The quantitative estimate of drug-likeness (QED) is 0.719. The molecule has 1 atom stereocenters. The molecule has 1 rings (SSSR count). The molecule has 0 spiro atoms. The van der Waals surface area contributed by atoms with Gasteiger partial charge in [0.2, 0.25) is 5.91 Å². The molecule has 1 unspecified atom stereocenters. The minimum Gasteiger partial charge on any atom is -0.496 e. The molecule has 0 radical (unpaired) electrons. The molecule has 0 saturated carbocycles. The summed E-state index contributed by atoms with van der Waals surface area (Å²) in [6, 6.07) is 6.39. The number of rotatable bonds is 8. The van der Waals surface area contributed by atoms with Gasteiger partial charge >= 0.3 is 5.97 Å². The molecule has 0 aliphatic rings. The first-order chi connectivity index (χ1) is 10.1. The SMILES string of the molecule is COc1ccccc1/C=C/C(=O)NC(CCSC)C(=O)O. The highest BCUT2D eigenvalue weighted by molar-refractivity contribution is 7.98. The molecule has 1 amide bonds. The van der Waals surface area contributed by atoms with E-state index in [0.29, 0.717) is 17.9 Å². The number of benzene rings is 1. The Morgan fingerprint density at radius 3 is 2.76 bits per heavy atom. The molecule has 1 aromatic rings. The first kappa shape index (κ1) is 17.1. The molecule has 5 nitrogen and oxygen atoms in total. The van der Waals surface area contributed by atoms with Gasteiger partial charge < -0.3 is 15.2 Å². The van der Waals surface area contributed by atoms with Crippen LogP contribution in [0.25, 0.3) is 6.08 Å². The molecule has 0 heterocycles. The van der Waals surface area contributed by atoms with Crippen LogP contribution in [0.2, 0.25) is 0 Å². The summed E-state index contributed by atoms with van der Waals surface area (Å²) in [6.45, 7) is 0. The van der Waals surface area contributed by atoms with Crippen molar-refractivity contribution in [1.82, 2.24) is 5.32 Å². The summed E-state index contributed by atoms with van der Waals surface area (Å²) in [5.41, 5.74) is 0.756. The lowest BCUT2D eigenvalue weighted by Gasteiger charge is -2.12. The molecule has 21 heavy (non-hydrogen) atoms. The molecule has 1 aromatic carbocycles. The normalized spacial score (nSPS) is 12.1. The molecule has 6 heteroatoms. The summed E-state index contributed by atoms with van der Waals surface area (Å²) in [4.78, 5) is 22.8. The number of carboxylic acid groups (broad SMARTS) is 1. The summed E-state index contributed by atoms with van der Waals surface area (Å²) in [7, 11) is 1.55. The van der Waals surface area contributed by atoms with E-state index in [-0.39, 0.29) is 0 Å². The average molecular weight is 309 g/mol. The molecule has 0 saturated heterocycles. The van der Waals surface area contributed by atoms with Crippen LogP contribution in [0, 0.1) is 0 Å². The van der Waals surface area contributed by atoms with Crippen molar-refractivity contribution in [3.05, 3.63) is 35.9 Å². The number of hydrogen-bond donors (Lipinski definition) is 2. The Balaban J connectivity index is 2.66. The molecule has 0 aromatic heterocycles. The van der Waals surface area contributed by atoms with Gasteiger partial charge in [0.15, 0.2) is 0 Å². The maximum Gasteiger partial charge on any atom is 0.326 e. The van der Waals surface area contributed by atoms with Gasteiger partial charge in [-0.2, -0.15) is 11.8 Å². The van der Waals surface area contributed by atoms with Gasteiger partial charge in [-0.3, -0.25) is 4.79 Å². The topological polar surface area (TPSA) is 75.6 Å². The van der Waals surface area contributed by atoms with Gasteiger partial charge in [0.05, 0.1) is 7.11 Å². The zero-order chi connectivity index (χ0) is 15.7. The predicted octanol–water partition coefficient (Wildman–Crippen LogP) is 2.03. The molecular weight excluding hydrogens is 290 g/mol. The van der Waals surface area contributed by atoms with E-state index in [1.54, 1.807) is 31.0 Å². The molecular formula is C15H19NO4S. The van der Waals surface area contributed by atoms with Gasteiger partial charge in [0.1, 0.15) is 11.8 Å². The summed E-state index contributed by atoms with van der Waals surface area (Å²) in [6.07, 6.45) is 5.20. The van der Waals surface area contributed by atoms with E-state index in [1.165, 1.54) is 6.08 Å². The maximum absolute atomic E-state index is 11.8.